The molecule has 1 unspecified atom stereocenters. The van der Waals surface area contributed by atoms with E-state index in [0.29, 0.717) is 6.26 Å². The highest BCUT2D eigenvalue weighted by atomic mass is 32.2. The summed E-state index contributed by atoms with van der Waals surface area (Å²) in [5, 5.41) is 17.8. The third kappa shape index (κ3) is 3.46. The average molecular weight is 314 g/mol. The largest absolute Gasteiger partial charge is 0.393 e. The van der Waals surface area contributed by atoms with Gasteiger partial charge in [-0.2, -0.15) is 8.42 Å². The molecule has 0 heterocycles. The summed E-state index contributed by atoms with van der Waals surface area (Å²) in [6.45, 7) is -1.10. The Labute approximate surface area is 111 Å². The van der Waals surface area contributed by atoms with E-state index >= 15 is 0 Å². The molecule has 1 atom stereocenters. The first-order valence-corrected chi connectivity index (χ1v) is 6.80. The van der Waals surface area contributed by atoms with Gasteiger partial charge in [0.05, 0.1) is 18.4 Å². The molecule has 1 aromatic rings. The summed E-state index contributed by atoms with van der Waals surface area (Å²) in [5.41, 5.74) is -2.66. The van der Waals surface area contributed by atoms with Gasteiger partial charge in [0.2, 0.25) is 0 Å². The van der Waals surface area contributed by atoms with E-state index in [-0.39, 0.29) is 6.07 Å². The predicted molar refractivity (Wildman–Crippen MR) is 58.6 cm³/mol. The lowest BCUT2D eigenvalue weighted by atomic mass is 10.0. The molecule has 0 bridgehead atoms. The number of aliphatic hydroxyl groups excluding tert-OH is 2. The second-order valence-corrected chi connectivity index (χ2v) is 5.29. The van der Waals surface area contributed by atoms with E-state index in [2.05, 4.69) is 4.18 Å². The Morgan fingerprint density at radius 1 is 1.35 bits per heavy atom. The Bertz CT molecular complexity index is 643. The number of carbonyl (C=O) groups excluding carboxylic acids is 1. The molecule has 0 fully saturated rings. The molecule has 0 amide bonds. The highest BCUT2D eigenvalue weighted by molar-refractivity contribution is 7.86. The quantitative estimate of drug-likeness (QED) is 0.773. The van der Waals surface area contributed by atoms with Crippen molar-refractivity contribution in [3.05, 3.63) is 34.6 Å². The maximum Gasteiger partial charge on any atom is 0.359 e. The molecule has 0 aliphatic carbocycles. The summed E-state index contributed by atoms with van der Waals surface area (Å²) < 4.78 is 65.7. The number of benzene rings is 1. The van der Waals surface area contributed by atoms with Gasteiger partial charge in [-0.15, -0.1) is 0 Å². The fourth-order valence-electron chi connectivity index (χ4n) is 1.37. The molecule has 0 aromatic heterocycles. The SMILES string of the molecule is CS(=O)(=O)OC(=O)c1c(F)cc(F)c(C(O)CO)c1F. The lowest BCUT2D eigenvalue weighted by molar-refractivity contribution is 0.0730. The Morgan fingerprint density at radius 3 is 2.35 bits per heavy atom. The van der Waals surface area contributed by atoms with Gasteiger partial charge in [0.15, 0.2) is 0 Å². The fraction of sp³-hybridized carbons (Fsp3) is 0.300. The summed E-state index contributed by atoms with van der Waals surface area (Å²) in [7, 11) is -4.34. The van der Waals surface area contributed by atoms with Crippen LogP contribution in [0.15, 0.2) is 6.07 Å². The molecule has 0 radical (unpaired) electrons. The third-order valence-electron chi connectivity index (χ3n) is 2.14. The molecule has 0 saturated heterocycles. The van der Waals surface area contributed by atoms with Crippen molar-refractivity contribution < 1.29 is 40.8 Å². The molecule has 1 rings (SSSR count). The lowest BCUT2D eigenvalue weighted by Crippen LogP contribution is -2.18. The maximum atomic E-state index is 13.8. The summed E-state index contributed by atoms with van der Waals surface area (Å²) in [6.07, 6.45) is -1.59. The molecule has 1 aromatic carbocycles. The van der Waals surface area contributed by atoms with Gasteiger partial charge >= 0.3 is 16.1 Å². The molecule has 2 N–H and O–H groups in total. The van der Waals surface area contributed by atoms with Gasteiger partial charge in [-0.1, -0.05) is 0 Å². The number of rotatable bonds is 4. The van der Waals surface area contributed by atoms with Crippen molar-refractivity contribution in [2.45, 2.75) is 6.10 Å². The van der Waals surface area contributed by atoms with Crippen LogP contribution >= 0.6 is 0 Å². The summed E-state index contributed by atoms with van der Waals surface area (Å²) in [5.74, 6) is -7.01. The van der Waals surface area contributed by atoms with E-state index in [1.807, 2.05) is 0 Å². The number of aliphatic hydroxyl groups is 2. The first-order valence-electron chi connectivity index (χ1n) is 4.98. The topological polar surface area (TPSA) is 101 Å². The van der Waals surface area contributed by atoms with E-state index in [9.17, 15) is 31.5 Å². The second kappa shape index (κ2) is 5.77. The van der Waals surface area contributed by atoms with Crippen molar-refractivity contribution >= 4 is 16.1 Å². The molecule has 20 heavy (non-hydrogen) atoms. The van der Waals surface area contributed by atoms with Gasteiger partial charge in [0.25, 0.3) is 0 Å². The van der Waals surface area contributed by atoms with Gasteiger partial charge in [-0.3, -0.25) is 0 Å². The van der Waals surface area contributed by atoms with Crippen LogP contribution in [0.5, 0.6) is 0 Å². The van der Waals surface area contributed by atoms with Crippen LogP contribution in [0.25, 0.3) is 0 Å². The number of halogens is 3. The Balaban J connectivity index is 3.44. The van der Waals surface area contributed by atoms with E-state index in [1.54, 1.807) is 0 Å². The van der Waals surface area contributed by atoms with Crippen molar-refractivity contribution in [1.82, 2.24) is 0 Å². The van der Waals surface area contributed by atoms with Crippen molar-refractivity contribution in [3.63, 3.8) is 0 Å². The predicted octanol–water partition coefficient (Wildman–Crippen LogP) is 0.246. The molecule has 6 nitrogen and oxygen atoms in total. The first-order chi connectivity index (χ1) is 9.08. The molecule has 0 aliphatic heterocycles. The van der Waals surface area contributed by atoms with Gasteiger partial charge in [0.1, 0.15) is 29.1 Å². The highest BCUT2D eigenvalue weighted by Crippen LogP contribution is 2.26. The minimum Gasteiger partial charge on any atom is -0.393 e. The molecule has 112 valence electrons. The highest BCUT2D eigenvalue weighted by Gasteiger charge is 2.29. The molecular weight excluding hydrogens is 305 g/mol. The minimum absolute atomic E-state index is 0.0656. The summed E-state index contributed by atoms with van der Waals surface area (Å²) in [6, 6.07) is 0.0656. The van der Waals surface area contributed by atoms with Gasteiger partial charge in [0, 0.05) is 6.07 Å². The standard InChI is InChI=1S/C10H9F3O6S/c1-20(17,18)19-10(16)8-5(12)2-4(11)7(9(8)13)6(15)3-14/h2,6,14-15H,3H2,1H3. The monoisotopic (exact) mass is 314 g/mol. The van der Waals surface area contributed by atoms with Crippen LogP contribution in [-0.4, -0.2) is 37.5 Å². The smallest absolute Gasteiger partial charge is 0.359 e. The number of carbonyl (C=O) groups is 1. The van der Waals surface area contributed by atoms with E-state index in [4.69, 9.17) is 5.11 Å². The van der Waals surface area contributed by atoms with Crippen molar-refractivity contribution in [1.29, 1.82) is 0 Å². The van der Waals surface area contributed by atoms with Gasteiger partial charge in [-0.05, 0) is 0 Å². The third-order valence-corrected chi connectivity index (χ3v) is 2.60. The Kier molecular flexibility index (Phi) is 4.73. The van der Waals surface area contributed by atoms with Crippen LogP contribution in [0.3, 0.4) is 0 Å². The van der Waals surface area contributed by atoms with Crippen molar-refractivity contribution in [2.24, 2.45) is 0 Å². The fourth-order valence-corrected chi connectivity index (χ4v) is 1.73. The molecule has 0 aliphatic rings. The summed E-state index contributed by atoms with van der Waals surface area (Å²) >= 11 is 0. The zero-order valence-electron chi connectivity index (χ0n) is 9.93. The number of hydrogen-bond acceptors (Lipinski definition) is 6. The Hall–Kier alpha value is -1.65. The van der Waals surface area contributed by atoms with Crippen molar-refractivity contribution in [3.8, 4) is 0 Å². The molecule has 0 saturated carbocycles. The molecule has 10 heteroatoms. The minimum atomic E-state index is -4.34. The maximum absolute atomic E-state index is 13.8. The zero-order valence-corrected chi connectivity index (χ0v) is 10.7. The van der Waals surface area contributed by atoms with Crippen LogP contribution in [0, 0.1) is 17.5 Å². The van der Waals surface area contributed by atoms with Gasteiger partial charge < -0.3 is 14.4 Å². The molecular formula is C10H9F3O6S. The van der Waals surface area contributed by atoms with E-state index in [0.717, 1.165) is 0 Å². The van der Waals surface area contributed by atoms with E-state index in [1.165, 1.54) is 0 Å². The van der Waals surface area contributed by atoms with Crippen LogP contribution in [-0.2, 0) is 14.3 Å². The average Bonchev–Trinajstić information content (AvgIpc) is 2.25. The van der Waals surface area contributed by atoms with Crippen LogP contribution in [0.4, 0.5) is 13.2 Å². The second-order valence-electron chi connectivity index (χ2n) is 3.72. The van der Waals surface area contributed by atoms with Crippen molar-refractivity contribution in [2.75, 3.05) is 12.9 Å². The molecule has 0 spiro atoms. The van der Waals surface area contributed by atoms with E-state index < -0.39 is 57.4 Å². The Morgan fingerprint density at radius 2 is 1.90 bits per heavy atom. The van der Waals surface area contributed by atoms with Crippen LogP contribution in [0.2, 0.25) is 0 Å². The van der Waals surface area contributed by atoms with Gasteiger partial charge in [-0.25, -0.2) is 18.0 Å². The zero-order chi connectivity index (χ0) is 15.7. The van der Waals surface area contributed by atoms with Crippen LogP contribution in [0.1, 0.15) is 22.0 Å². The lowest BCUT2D eigenvalue weighted by Gasteiger charge is -2.13. The first kappa shape index (κ1) is 16.4. The normalized spacial score (nSPS) is 13.1. The van der Waals surface area contributed by atoms with Crippen LogP contribution < -0.4 is 0 Å². The number of hydrogen-bond donors (Lipinski definition) is 2. The summed E-state index contributed by atoms with van der Waals surface area (Å²) in [4.78, 5) is 11.3.